The number of nitrogens with two attached hydrogens (primary N) is 1. The first-order valence-electron chi connectivity index (χ1n) is 7.75. The fourth-order valence-electron chi connectivity index (χ4n) is 2.70. The van der Waals surface area contributed by atoms with Crippen LogP contribution in [0.3, 0.4) is 0 Å². The molecule has 0 aromatic heterocycles. The Bertz CT molecular complexity index is 731. The second kappa shape index (κ2) is 6.72. The Morgan fingerprint density at radius 2 is 1.71 bits per heavy atom. The van der Waals surface area contributed by atoms with Crippen molar-refractivity contribution >= 4 is 17.7 Å². The van der Waals surface area contributed by atoms with Crippen molar-refractivity contribution in [3.05, 3.63) is 65.7 Å². The zero-order chi connectivity index (χ0) is 17.1. The summed E-state index contributed by atoms with van der Waals surface area (Å²) in [6, 6.07) is 15.5. The van der Waals surface area contributed by atoms with E-state index < -0.39 is 18.0 Å². The lowest BCUT2D eigenvalue weighted by Crippen LogP contribution is -2.36. The largest absolute Gasteiger partial charge is 0.465 e. The molecule has 6 heteroatoms. The SMILES string of the molecule is NC1CC1c1ccc(NC(=O)C(NC(=O)O)c2ccccc2)cc1. The Kier molecular flexibility index (Phi) is 4.48. The van der Waals surface area contributed by atoms with Gasteiger partial charge in [-0.2, -0.15) is 0 Å². The molecule has 0 saturated heterocycles. The summed E-state index contributed by atoms with van der Waals surface area (Å²) in [5.41, 5.74) is 8.19. The molecule has 0 heterocycles. The first-order valence-corrected chi connectivity index (χ1v) is 7.75. The molecule has 2 aromatic carbocycles. The van der Waals surface area contributed by atoms with E-state index >= 15 is 0 Å². The first-order chi connectivity index (χ1) is 11.5. The Labute approximate surface area is 139 Å². The molecule has 124 valence electrons. The van der Waals surface area contributed by atoms with E-state index in [1.807, 2.05) is 12.1 Å². The maximum Gasteiger partial charge on any atom is 0.405 e. The first kappa shape index (κ1) is 16.0. The van der Waals surface area contributed by atoms with E-state index in [2.05, 4.69) is 10.6 Å². The second-order valence-electron chi connectivity index (χ2n) is 5.91. The molecule has 1 fully saturated rings. The molecule has 6 nitrogen and oxygen atoms in total. The average Bonchev–Trinajstić information content (AvgIpc) is 3.30. The quantitative estimate of drug-likeness (QED) is 0.677. The molecule has 3 atom stereocenters. The average molecular weight is 325 g/mol. The molecule has 0 spiro atoms. The number of benzene rings is 2. The Morgan fingerprint density at radius 1 is 1.08 bits per heavy atom. The number of rotatable bonds is 5. The molecule has 5 N–H and O–H groups in total. The molecule has 2 amide bonds. The van der Waals surface area contributed by atoms with Crippen LogP contribution >= 0.6 is 0 Å². The molecule has 2 aromatic rings. The Hall–Kier alpha value is -2.86. The summed E-state index contributed by atoms with van der Waals surface area (Å²) in [5, 5.41) is 14.0. The molecule has 0 aliphatic heterocycles. The predicted molar refractivity (Wildman–Crippen MR) is 90.7 cm³/mol. The maximum absolute atomic E-state index is 12.5. The Balaban J connectivity index is 1.72. The van der Waals surface area contributed by atoms with Crippen molar-refractivity contribution < 1.29 is 14.7 Å². The zero-order valence-corrected chi connectivity index (χ0v) is 13.0. The molecule has 1 aliphatic rings. The van der Waals surface area contributed by atoms with Crippen molar-refractivity contribution in [3.8, 4) is 0 Å². The lowest BCUT2D eigenvalue weighted by atomic mass is 10.1. The third kappa shape index (κ3) is 3.72. The summed E-state index contributed by atoms with van der Waals surface area (Å²) in [4.78, 5) is 23.5. The third-order valence-electron chi connectivity index (χ3n) is 4.11. The summed E-state index contributed by atoms with van der Waals surface area (Å²) >= 11 is 0. The highest BCUT2D eigenvalue weighted by Crippen LogP contribution is 2.39. The zero-order valence-electron chi connectivity index (χ0n) is 13.0. The van der Waals surface area contributed by atoms with Crippen LogP contribution in [0.5, 0.6) is 0 Å². The van der Waals surface area contributed by atoms with Gasteiger partial charge in [0.15, 0.2) is 0 Å². The van der Waals surface area contributed by atoms with Gasteiger partial charge >= 0.3 is 6.09 Å². The van der Waals surface area contributed by atoms with Gasteiger partial charge in [0, 0.05) is 17.6 Å². The summed E-state index contributed by atoms with van der Waals surface area (Å²) in [5.74, 6) is -0.0278. The van der Waals surface area contributed by atoms with Crippen molar-refractivity contribution in [1.82, 2.24) is 5.32 Å². The van der Waals surface area contributed by atoms with Gasteiger partial charge in [-0.15, -0.1) is 0 Å². The van der Waals surface area contributed by atoms with Gasteiger partial charge in [0.2, 0.25) is 0 Å². The molecule has 0 radical (unpaired) electrons. The second-order valence-corrected chi connectivity index (χ2v) is 5.91. The Morgan fingerprint density at radius 3 is 2.25 bits per heavy atom. The van der Waals surface area contributed by atoms with Gasteiger partial charge < -0.3 is 21.5 Å². The monoisotopic (exact) mass is 325 g/mol. The van der Waals surface area contributed by atoms with E-state index in [-0.39, 0.29) is 6.04 Å². The molecule has 1 saturated carbocycles. The highest BCUT2D eigenvalue weighted by Gasteiger charge is 2.34. The minimum atomic E-state index is -1.25. The van der Waals surface area contributed by atoms with Crippen molar-refractivity contribution in [2.75, 3.05) is 5.32 Å². The van der Waals surface area contributed by atoms with Gasteiger partial charge in [-0.3, -0.25) is 4.79 Å². The number of amides is 2. The van der Waals surface area contributed by atoms with E-state index in [1.165, 1.54) is 0 Å². The molecular weight excluding hydrogens is 306 g/mol. The summed E-state index contributed by atoms with van der Waals surface area (Å²) in [6.45, 7) is 0. The van der Waals surface area contributed by atoms with Crippen molar-refractivity contribution in [3.63, 3.8) is 0 Å². The van der Waals surface area contributed by atoms with Crippen LogP contribution in [0.2, 0.25) is 0 Å². The molecule has 3 unspecified atom stereocenters. The van der Waals surface area contributed by atoms with Gasteiger partial charge in [0.25, 0.3) is 5.91 Å². The van der Waals surface area contributed by atoms with E-state index in [1.54, 1.807) is 42.5 Å². The molecular formula is C18H19N3O3. The maximum atomic E-state index is 12.5. The smallest absolute Gasteiger partial charge is 0.405 e. The molecule has 1 aliphatic carbocycles. The number of carbonyl (C=O) groups excluding carboxylic acids is 1. The summed E-state index contributed by atoms with van der Waals surface area (Å²) in [6.07, 6.45) is -0.262. The van der Waals surface area contributed by atoms with Crippen LogP contribution in [0.25, 0.3) is 0 Å². The number of anilines is 1. The van der Waals surface area contributed by atoms with E-state index in [0.717, 1.165) is 12.0 Å². The van der Waals surface area contributed by atoms with Crippen molar-refractivity contribution in [1.29, 1.82) is 0 Å². The van der Waals surface area contributed by atoms with Gasteiger partial charge in [-0.25, -0.2) is 4.79 Å². The fraction of sp³-hybridized carbons (Fsp3) is 0.222. The lowest BCUT2D eigenvalue weighted by Gasteiger charge is -2.17. The molecule has 24 heavy (non-hydrogen) atoms. The van der Waals surface area contributed by atoms with Crippen LogP contribution in [0, 0.1) is 0 Å². The minimum absolute atomic E-state index is 0.229. The van der Waals surface area contributed by atoms with Crippen molar-refractivity contribution in [2.45, 2.75) is 24.4 Å². The van der Waals surface area contributed by atoms with Crippen LogP contribution in [0.1, 0.15) is 29.5 Å². The van der Waals surface area contributed by atoms with E-state index in [0.29, 0.717) is 17.2 Å². The lowest BCUT2D eigenvalue weighted by molar-refractivity contribution is -0.118. The number of hydrogen-bond donors (Lipinski definition) is 4. The van der Waals surface area contributed by atoms with Gasteiger partial charge in [0.1, 0.15) is 6.04 Å². The number of hydrogen-bond acceptors (Lipinski definition) is 3. The number of nitrogens with one attached hydrogen (secondary N) is 2. The third-order valence-corrected chi connectivity index (χ3v) is 4.11. The highest BCUT2D eigenvalue weighted by atomic mass is 16.4. The molecule has 3 rings (SSSR count). The standard InChI is InChI=1S/C18H19N3O3/c19-15-10-14(15)11-6-8-13(9-7-11)20-17(22)16(21-18(23)24)12-4-2-1-3-5-12/h1-9,14-16,21H,10,19H2,(H,20,22)(H,23,24). The van der Waals surface area contributed by atoms with Gasteiger partial charge in [0.05, 0.1) is 0 Å². The minimum Gasteiger partial charge on any atom is -0.465 e. The summed E-state index contributed by atoms with van der Waals surface area (Å²) < 4.78 is 0. The van der Waals surface area contributed by atoms with Gasteiger partial charge in [-0.1, -0.05) is 42.5 Å². The van der Waals surface area contributed by atoms with Crippen LogP contribution in [-0.4, -0.2) is 23.1 Å². The number of carbonyl (C=O) groups is 2. The van der Waals surface area contributed by atoms with Crippen LogP contribution < -0.4 is 16.4 Å². The van der Waals surface area contributed by atoms with Crippen LogP contribution in [-0.2, 0) is 4.79 Å². The van der Waals surface area contributed by atoms with Crippen LogP contribution in [0.15, 0.2) is 54.6 Å². The topological polar surface area (TPSA) is 104 Å². The predicted octanol–water partition coefficient (Wildman–Crippen LogP) is 2.45. The summed E-state index contributed by atoms with van der Waals surface area (Å²) in [7, 11) is 0. The van der Waals surface area contributed by atoms with Crippen molar-refractivity contribution in [2.24, 2.45) is 5.73 Å². The fourth-order valence-corrected chi connectivity index (χ4v) is 2.70. The van der Waals surface area contributed by atoms with Gasteiger partial charge in [-0.05, 0) is 29.7 Å². The molecule has 0 bridgehead atoms. The number of carboxylic acid groups (broad SMARTS) is 1. The normalized spacial score (nSPS) is 20.0. The van der Waals surface area contributed by atoms with E-state index in [9.17, 15) is 9.59 Å². The highest BCUT2D eigenvalue weighted by molar-refractivity contribution is 5.97. The van der Waals surface area contributed by atoms with Crippen LogP contribution in [0.4, 0.5) is 10.5 Å². The van der Waals surface area contributed by atoms with E-state index in [4.69, 9.17) is 10.8 Å².